The van der Waals surface area contributed by atoms with Crippen LogP contribution < -0.4 is 5.56 Å². The second-order valence-corrected chi connectivity index (χ2v) is 6.39. The first kappa shape index (κ1) is 13.7. The van der Waals surface area contributed by atoms with Crippen LogP contribution in [0, 0.1) is 5.92 Å². The Bertz CT molecular complexity index is 649. The van der Waals surface area contributed by atoms with Gasteiger partial charge < -0.3 is 5.11 Å². The molecule has 0 bridgehead atoms. The van der Waals surface area contributed by atoms with E-state index in [0.29, 0.717) is 12.5 Å². The van der Waals surface area contributed by atoms with Crippen LogP contribution in [0.1, 0.15) is 25.5 Å². The van der Waals surface area contributed by atoms with Crippen molar-refractivity contribution < 1.29 is 5.11 Å². The molecule has 0 aromatic carbocycles. The van der Waals surface area contributed by atoms with Gasteiger partial charge in [0, 0.05) is 30.7 Å². The van der Waals surface area contributed by atoms with Crippen molar-refractivity contribution in [3.8, 4) is 0 Å². The molecule has 2 aromatic rings. The molecule has 0 saturated carbocycles. The topological polar surface area (TPSA) is 57.8 Å². The highest BCUT2D eigenvalue weighted by Gasteiger charge is 2.23. The molecule has 2 aromatic heterocycles. The predicted octanol–water partition coefficient (Wildman–Crippen LogP) is 1.35. The largest absolute Gasteiger partial charge is 0.393 e. The van der Waals surface area contributed by atoms with Crippen molar-refractivity contribution in [1.82, 2.24) is 14.3 Å². The number of hydrogen-bond acceptors (Lipinski definition) is 5. The Morgan fingerprint density at radius 1 is 1.60 bits per heavy atom. The van der Waals surface area contributed by atoms with E-state index in [9.17, 15) is 9.90 Å². The number of fused-ring (bicyclic) bond motifs is 1. The smallest absolute Gasteiger partial charge is 0.258 e. The molecule has 1 aliphatic heterocycles. The van der Waals surface area contributed by atoms with E-state index in [1.165, 1.54) is 11.3 Å². The van der Waals surface area contributed by atoms with Crippen molar-refractivity contribution in [3.05, 3.63) is 33.7 Å². The fraction of sp³-hybridized carbons (Fsp3) is 0.571. The van der Waals surface area contributed by atoms with Gasteiger partial charge in [-0.3, -0.25) is 14.1 Å². The van der Waals surface area contributed by atoms with Gasteiger partial charge in [0.05, 0.1) is 11.8 Å². The Morgan fingerprint density at radius 3 is 3.25 bits per heavy atom. The first-order chi connectivity index (χ1) is 9.63. The van der Waals surface area contributed by atoms with Crippen molar-refractivity contribution in [2.24, 2.45) is 5.92 Å². The van der Waals surface area contributed by atoms with Gasteiger partial charge in [0.2, 0.25) is 0 Å². The van der Waals surface area contributed by atoms with E-state index < -0.39 is 0 Å². The monoisotopic (exact) mass is 293 g/mol. The number of aromatic nitrogens is 2. The summed E-state index contributed by atoms with van der Waals surface area (Å²) in [5.41, 5.74) is 0.805. The van der Waals surface area contributed by atoms with E-state index in [-0.39, 0.29) is 11.7 Å². The lowest BCUT2D eigenvalue weighted by Gasteiger charge is -2.33. The third-order valence-electron chi connectivity index (χ3n) is 3.97. The van der Waals surface area contributed by atoms with Crippen LogP contribution in [0.3, 0.4) is 0 Å². The summed E-state index contributed by atoms with van der Waals surface area (Å²) in [4.78, 5) is 19.5. The van der Waals surface area contributed by atoms with Crippen LogP contribution in [0.5, 0.6) is 0 Å². The van der Waals surface area contributed by atoms with Crippen molar-refractivity contribution in [2.75, 3.05) is 13.1 Å². The zero-order chi connectivity index (χ0) is 14.1. The summed E-state index contributed by atoms with van der Waals surface area (Å²) in [6, 6.07) is 1.62. The average Bonchev–Trinajstić information content (AvgIpc) is 2.88. The van der Waals surface area contributed by atoms with Gasteiger partial charge in [-0.25, -0.2) is 4.98 Å². The first-order valence-electron chi connectivity index (χ1n) is 6.99. The molecule has 20 heavy (non-hydrogen) atoms. The van der Waals surface area contributed by atoms with Gasteiger partial charge >= 0.3 is 0 Å². The summed E-state index contributed by atoms with van der Waals surface area (Å²) in [7, 11) is 0. The number of rotatable bonds is 3. The third-order valence-corrected chi connectivity index (χ3v) is 4.72. The van der Waals surface area contributed by atoms with Crippen molar-refractivity contribution >= 4 is 16.3 Å². The molecule has 2 unspecified atom stereocenters. The third kappa shape index (κ3) is 2.77. The Hall–Kier alpha value is -1.24. The molecule has 5 nitrogen and oxygen atoms in total. The molecule has 1 saturated heterocycles. The fourth-order valence-corrected chi connectivity index (χ4v) is 3.57. The van der Waals surface area contributed by atoms with Gasteiger partial charge in [-0.2, -0.15) is 0 Å². The van der Waals surface area contributed by atoms with Gasteiger partial charge in [-0.1, -0.05) is 0 Å². The molecular weight excluding hydrogens is 274 g/mol. The molecule has 0 radical (unpaired) electrons. The molecule has 0 aliphatic carbocycles. The van der Waals surface area contributed by atoms with Crippen LogP contribution in [0.2, 0.25) is 0 Å². The first-order valence-corrected chi connectivity index (χ1v) is 7.87. The second-order valence-electron chi connectivity index (χ2n) is 5.52. The van der Waals surface area contributed by atoms with E-state index in [4.69, 9.17) is 0 Å². The number of aliphatic hydroxyl groups is 1. The maximum Gasteiger partial charge on any atom is 0.258 e. The molecule has 2 atom stereocenters. The number of likely N-dealkylation sites (tertiary alicyclic amines) is 1. The zero-order valence-corrected chi connectivity index (χ0v) is 12.3. The lowest BCUT2D eigenvalue weighted by atomic mass is 9.93. The Morgan fingerprint density at radius 2 is 2.45 bits per heavy atom. The van der Waals surface area contributed by atoms with Crippen molar-refractivity contribution in [1.29, 1.82) is 0 Å². The van der Waals surface area contributed by atoms with Gasteiger partial charge in [0.1, 0.15) is 0 Å². The molecular formula is C14H19N3O2S. The normalized spacial score (nSPS) is 22.2. The van der Waals surface area contributed by atoms with Crippen LogP contribution in [-0.4, -0.2) is 38.6 Å². The molecule has 108 valence electrons. The lowest BCUT2D eigenvalue weighted by Crippen LogP contribution is -2.39. The quantitative estimate of drug-likeness (QED) is 0.928. The van der Waals surface area contributed by atoms with Crippen LogP contribution in [0.4, 0.5) is 0 Å². The fourth-order valence-electron chi connectivity index (χ4n) is 2.83. The number of hydrogen-bond donors (Lipinski definition) is 1. The number of thiazole rings is 1. The highest BCUT2D eigenvalue weighted by Crippen LogP contribution is 2.21. The van der Waals surface area contributed by atoms with Gasteiger partial charge in [0.25, 0.3) is 5.56 Å². The van der Waals surface area contributed by atoms with Crippen molar-refractivity contribution in [2.45, 2.75) is 32.4 Å². The molecule has 1 fully saturated rings. The highest BCUT2D eigenvalue weighted by atomic mass is 32.1. The van der Waals surface area contributed by atoms with Crippen LogP contribution in [0.25, 0.3) is 4.96 Å². The summed E-state index contributed by atoms with van der Waals surface area (Å²) in [5, 5.41) is 11.6. The standard InChI is InChI=1S/C14H19N3O2S/c1-10(18)11-3-2-4-16(8-11)9-12-7-13(19)17-5-6-20-14(17)15-12/h5-7,10-11,18H,2-4,8-9H2,1H3. The summed E-state index contributed by atoms with van der Waals surface area (Å²) in [6.07, 6.45) is 3.66. The van der Waals surface area contributed by atoms with Crippen LogP contribution in [-0.2, 0) is 6.54 Å². The molecule has 1 aliphatic rings. The van der Waals surface area contributed by atoms with E-state index in [1.807, 2.05) is 12.3 Å². The SMILES string of the molecule is CC(O)C1CCCN(Cc2cc(=O)n3ccsc3n2)C1. The van der Waals surface area contributed by atoms with Gasteiger partial charge in [-0.15, -0.1) is 11.3 Å². The predicted molar refractivity (Wildman–Crippen MR) is 79.0 cm³/mol. The summed E-state index contributed by atoms with van der Waals surface area (Å²) < 4.78 is 1.57. The number of aliphatic hydroxyl groups excluding tert-OH is 1. The van der Waals surface area contributed by atoms with E-state index in [1.54, 1.807) is 16.7 Å². The highest BCUT2D eigenvalue weighted by molar-refractivity contribution is 7.15. The Kier molecular flexibility index (Phi) is 3.87. The minimum Gasteiger partial charge on any atom is -0.393 e. The van der Waals surface area contributed by atoms with Crippen LogP contribution >= 0.6 is 11.3 Å². The maximum atomic E-state index is 11.9. The zero-order valence-electron chi connectivity index (χ0n) is 11.5. The molecule has 6 heteroatoms. The maximum absolute atomic E-state index is 11.9. The number of piperidine rings is 1. The Labute approximate surface area is 121 Å². The number of nitrogens with zero attached hydrogens (tertiary/aromatic N) is 3. The van der Waals surface area contributed by atoms with E-state index in [2.05, 4.69) is 9.88 Å². The van der Waals surface area contributed by atoms with Crippen LogP contribution in [0.15, 0.2) is 22.4 Å². The molecule has 3 heterocycles. The molecule has 3 rings (SSSR count). The van der Waals surface area contributed by atoms with E-state index in [0.717, 1.165) is 36.6 Å². The van der Waals surface area contributed by atoms with Gasteiger partial charge in [0.15, 0.2) is 4.96 Å². The average molecular weight is 293 g/mol. The minimum absolute atomic E-state index is 0.0182. The molecule has 1 N–H and O–H groups in total. The van der Waals surface area contributed by atoms with Gasteiger partial charge in [-0.05, 0) is 32.2 Å². The molecule has 0 spiro atoms. The van der Waals surface area contributed by atoms with Crippen molar-refractivity contribution in [3.63, 3.8) is 0 Å². The summed E-state index contributed by atoms with van der Waals surface area (Å²) >= 11 is 1.48. The summed E-state index contributed by atoms with van der Waals surface area (Å²) in [5.74, 6) is 0.329. The molecule has 0 amide bonds. The lowest BCUT2D eigenvalue weighted by molar-refractivity contribution is 0.0594. The summed E-state index contributed by atoms with van der Waals surface area (Å²) in [6.45, 7) is 4.43. The Balaban J connectivity index is 1.77. The minimum atomic E-state index is -0.267. The van der Waals surface area contributed by atoms with E-state index >= 15 is 0 Å². The second kappa shape index (κ2) is 5.63.